The van der Waals surface area contributed by atoms with Crippen LogP contribution in [0.4, 0.5) is 0 Å². The van der Waals surface area contributed by atoms with Crippen molar-refractivity contribution in [1.29, 1.82) is 0 Å². The molecule has 3 aromatic rings. The number of carboxylic acids is 1. The summed E-state index contributed by atoms with van der Waals surface area (Å²) >= 11 is 0. The topological polar surface area (TPSA) is 67.5 Å². The highest BCUT2D eigenvalue weighted by atomic mass is 16.4. The molecule has 1 aromatic carbocycles. The summed E-state index contributed by atoms with van der Waals surface area (Å²) in [6, 6.07) is 7.97. The summed E-state index contributed by atoms with van der Waals surface area (Å²) in [6.45, 7) is 7.79. The van der Waals surface area contributed by atoms with E-state index >= 15 is 0 Å². The second-order valence-corrected chi connectivity index (χ2v) is 6.57. The standard InChI is InChI=1S/C19H21N3O2/c1-11(2)15(18(23)24)17-16(14-7-5-12(3)6-8-14)21-19-20-9-13(4)10-22(17)19/h5-11,15H,1-4H3,(H,23,24). The number of aryl methyl sites for hydroxylation is 2. The first-order valence-electron chi connectivity index (χ1n) is 8.03. The molecule has 0 spiro atoms. The Kier molecular flexibility index (Phi) is 4.09. The number of aromatic nitrogens is 3. The lowest BCUT2D eigenvalue weighted by Gasteiger charge is -2.18. The smallest absolute Gasteiger partial charge is 0.312 e. The Morgan fingerprint density at radius 3 is 2.38 bits per heavy atom. The van der Waals surface area contributed by atoms with Crippen molar-refractivity contribution >= 4 is 11.7 Å². The predicted octanol–water partition coefficient (Wildman–Crippen LogP) is 3.84. The van der Waals surface area contributed by atoms with Crippen LogP contribution in [0.25, 0.3) is 17.0 Å². The van der Waals surface area contributed by atoms with E-state index in [4.69, 9.17) is 0 Å². The molecule has 0 radical (unpaired) electrons. The van der Waals surface area contributed by atoms with Crippen LogP contribution in [0.15, 0.2) is 36.7 Å². The number of hydrogen-bond donors (Lipinski definition) is 1. The van der Waals surface area contributed by atoms with Crippen molar-refractivity contribution in [3.05, 3.63) is 53.5 Å². The fourth-order valence-corrected chi connectivity index (χ4v) is 2.99. The minimum absolute atomic E-state index is 0.0629. The molecule has 24 heavy (non-hydrogen) atoms. The molecule has 2 aromatic heterocycles. The van der Waals surface area contributed by atoms with Gasteiger partial charge in [-0.15, -0.1) is 0 Å². The predicted molar refractivity (Wildman–Crippen MR) is 93.1 cm³/mol. The zero-order valence-corrected chi connectivity index (χ0v) is 14.3. The SMILES string of the molecule is Cc1ccc(-c2nc3ncc(C)cn3c2C(C(=O)O)C(C)C)cc1. The van der Waals surface area contributed by atoms with Crippen molar-refractivity contribution in [1.82, 2.24) is 14.4 Å². The van der Waals surface area contributed by atoms with Crippen molar-refractivity contribution in [3.8, 4) is 11.3 Å². The molecule has 124 valence electrons. The van der Waals surface area contributed by atoms with E-state index in [1.54, 1.807) is 6.20 Å². The Hall–Kier alpha value is -2.69. The molecule has 0 amide bonds. The molecule has 2 heterocycles. The van der Waals surface area contributed by atoms with Crippen molar-refractivity contribution < 1.29 is 9.90 Å². The molecule has 0 bridgehead atoms. The van der Waals surface area contributed by atoms with E-state index in [9.17, 15) is 9.90 Å². The van der Waals surface area contributed by atoms with Crippen LogP contribution in [-0.4, -0.2) is 25.4 Å². The summed E-state index contributed by atoms with van der Waals surface area (Å²) < 4.78 is 1.82. The van der Waals surface area contributed by atoms with Crippen LogP contribution in [0.2, 0.25) is 0 Å². The van der Waals surface area contributed by atoms with Gasteiger partial charge in [0.2, 0.25) is 5.78 Å². The lowest BCUT2D eigenvalue weighted by atomic mass is 9.89. The van der Waals surface area contributed by atoms with Crippen molar-refractivity contribution in [2.24, 2.45) is 5.92 Å². The van der Waals surface area contributed by atoms with Gasteiger partial charge in [0.05, 0.1) is 11.4 Å². The molecule has 0 aliphatic heterocycles. The van der Waals surface area contributed by atoms with E-state index < -0.39 is 11.9 Å². The molecule has 5 nitrogen and oxygen atoms in total. The number of hydrogen-bond acceptors (Lipinski definition) is 3. The monoisotopic (exact) mass is 323 g/mol. The number of benzene rings is 1. The third-order valence-electron chi connectivity index (χ3n) is 4.20. The van der Waals surface area contributed by atoms with Gasteiger partial charge in [-0.05, 0) is 25.3 Å². The van der Waals surface area contributed by atoms with Crippen LogP contribution in [0.3, 0.4) is 0 Å². The third-order valence-corrected chi connectivity index (χ3v) is 4.20. The largest absolute Gasteiger partial charge is 0.481 e. The van der Waals surface area contributed by atoms with Gasteiger partial charge >= 0.3 is 5.97 Å². The quantitative estimate of drug-likeness (QED) is 0.792. The molecule has 1 unspecified atom stereocenters. The maximum Gasteiger partial charge on any atom is 0.312 e. The van der Waals surface area contributed by atoms with Gasteiger partial charge in [0.25, 0.3) is 0 Å². The van der Waals surface area contributed by atoms with Gasteiger partial charge in [-0.25, -0.2) is 9.97 Å². The number of carboxylic acid groups (broad SMARTS) is 1. The van der Waals surface area contributed by atoms with E-state index in [1.165, 1.54) is 0 Å². The number of fused-ring (bicyclic) bond motifs is 1. The van der Waals surface area contributed by atoms with Crippen LogP contribution in [0.1, 0.15) is 36.6 Å². The summed E-state index contributed by atoms with van der Waals surface area (Å²) in [5.41, 5.74) is 4.40. The summed E-state index contributed by atoms with van der Waals surface area (Å²) in [5.74, 6) is -1.04. The van der Waals surface area contributed by atoms with Crippen LogP contribution in [0, 0.1) is 19.8 Å². The lowest BCUT2D eigenvalue weighted by molar-refractivity contribution is -0.140. The molecular weight excluding hydrogens is 302 g/mol. The number of carbonyl (C=O) groups is 1. The summed E-state index contributed by atoms with van der Waals surface area (Å²) in [6.07, 6.45) is 3.65. The summed E-state index contributed by atoms with van der Waals surface area (Å²) in [7, 11) is 0. The van der Waals surface area contributed by atoms with E-state index in [1.807, 2.05) is 62.6 Å². The van der Waals surface area contributed by atoms with E-state index in [0.717, 1.165) is 16.7 Å². The van der Waals surface area contributed by atoms with Crippen molar-refractivity contribution in [3.63, 3.8) is 0 Å². The minimum Gasteiger partial charge on any atom is -0.481 e. The van der Waals surface area contributed by atoms with Gasteiger partial charge < -0.3 is 5.11 Å². The average molecular weight is 323 g/mol. The second kappa shape index (κ2) is 6.07. The van der Waals surface area contributed by atoms with Crippen molar-refractivity contribution in [2.45, 2.75) is 33.6 Å². The molecule has 0 aliphatic rings. The van der Waals surface area contributed by atoms with Crippen LogP contribution < -0.4 is 0 Å². The molecule has 5 heteroatoms. The minimum atomic E-state index is -0.846. The number of aliphatic carboxylic acids is 1. The maximum absolute atomic E-state index is 11.9. The average Bonchev–Trinajstić information content (AvgIpc) is 2.86. The van der Waals surface area contributed by atoms with E-state index in [2.05, 4.69) is 9.97 Å². The normalized spacial score (nSPS) is 12.7. The van der Waals surface area contributed by atoms with Gasteiger partial charge in [-0.3, -0.25) is 9.20 Å². The van der Waals surface area contributed by atoms with Gasteiger partial charge in [0.1, 0.15) is 5.92 Å². The molecule has 0 saturated carbocycles. The Morgan fingerprint density at radius 1 is 1.12 bits per heavy atom. The van der Waals surface area contributed by atoms with Crippen LogP contribution >= 0.6 is 0 Å². The first-order chi connectivity index (χ1) is 11.4. The van der Waals surface area contributed by atoms with Crippen molar-refractivity contribution in [2.75, 3.05) is 0 Å². The number of nitrogens with zero attached hydrogens (tertiary/aromatic N) is 3. The Morgan fingerprint density at radius 2 is 1.79 bits per heavy atom. The van der Waals surface area contributed by atoms with Gasteiger partial charge in [0, 0.05) is 18.0 Å². The first kappa shape index (κ1) is 16.2. The van der Waals surface area contributed by atoms with Gasteiger partial charge in [0.15, 0.2) is 0 Å². The van der Waals surface area contributed by atoms with Crippen LogP contribution in [0.5, 0.6) is 0 Å². The highest BCUT2D eigenvalue weighted by Gasteiger charge is 2.31. The number of imidazole rings is 1. The Balaban J connectivity index is 2.34. The van der Waals surface area contributed by atoms with E-state index in [-0.39, 0.29) is 5.92 Å². The Labute approximate surface area is 141 Å². The molecule has 1 atom stereocenters. The van der Waals surface area contributed by atoms with Crippen LogP contribution in [-0.2, 0) is 4.79 Å². The summed E-state index contributed by atoms with van der Waals surface area (Å²) in [5, 5.41) is 9.80. The third kappa shape index (κ3) is 2.77. The zero-order chi connectivity index (χ0) is 17.4. The molecule has 3 rings (SSSR count). The second-order valence-electron chi connectivity index (χ2n) is 6.57. The van der Waals surface area contributed by atoms with E-state index in [0.29, 0.717) is 17.2 Å². The fraction of sp³-hybridized carbons (Fsp3) is 0.316. The Bertz CT molecular complexity index is 895. The highest BCUT2D eigenvalue weighted by Crippen LogP contribution is 2.34. The summed E-state index contributed by atoms with van der Waals surface area (Å²) in [4.78, 5) is 20.9. The zero-order valence-electron chi connectivity index (χ0n) is 14.3. The molecule has 1 N–H and O–H groups in total. The van der Waals surface area contributed by atoms with Gasteiger partial charge in [-0.2, -0.15) is 0 Å². The molecule has 0 fully saturated rings. The highest BCUT2D eigenvalue weighted by molar-refractivity contribution is 5.80. The first-order valence-corrected chi connectivity index (χ1v) is 8.03. The lowest BCUT2D eigenvalue weighted by Crippen LogP contribution is -2.20. The molecule has 0 aliphatic carbocycles. The molecule has 0 saturated heterocycles. The van der Waals surface area contributed by atoms with Gasteiger partial charge in [-0.1, -0.05) is 43.7 Å². The molecular formula is C19H21N3O2. The fourth-order valence-electron chi connectivity index (χ4n) is 2.99. The number of rotatable bonds is 4. The maximum atomic E-state index is 11.9.